The van der Waals surface area contributed by atoms with Crippen LogP contribution in [0.3, 0.4) is 0 Å². The predicted octanol–water partition coefficient (Wildman–Crippen LogP) is 3.42. The van der Waals surface area contributed by atoms with Gasteiger partial charge in [0.2, 0.25) is 0 Å². The van der Waals surface area contributed by atoms with Crippen molar-refractivity contribution in [3.05, 3.63) is 60.0 Å². The van der Waals surface area contributed by atoms with Gasteiger partial charge in [0.25, 0.3) is 5.91 Å². The average Bonchev–Trinajstić information content (AvgIpc) is 2.94. The van der Waals surface area contributed by atoms with Crippen molar-refractivity contribution in [2.75, 3.05) is 28.6 Å². The zero-order chi connectivity index (χ0) is 19.0. The monoisotopic (exact) mass is 366 g/mol. The Bertz CT molecular complexity index is 884. The molecule has 0 saturated carbocycles. The molecule has 0 radical (unpaired) electrons. The first-order valence-corrected chi connectivity index (χ1v) is 9.18. The van der Waals surface area contributed by atoms with E-state index in [9.17, 15) is 9.18 Å². The molecule has 0 bridgehead atoms. The van der Waals surface area contributed by atoms with E-state index in [1.54, 1.807) is 12.3 Å². The SMILES string of the molecule is CC1CN(c2ccc(N/C=C3/C(=O)Nc4ccc(F)cc43)cc2)CC(C)N1. The van der Waals surface area contributed by atoms with Crippen LogP contribution in [0.1, 0.15) is 19.4 Å². The molecule has 3 N–H and O–H groups in total. The Morgan fingerprint density at radius 3 is 2.52 bits per heavy atom. The van der Waals surface area contributed by atoms with Crippen molar-refractivity contribution in [3.8, 4) is 0 Å². The smallest absolute Gasteiger partial charge is 0.257 e. The van der Waals surface area contributed by atoms with E-state index in [2.05, 4.69) is 46.8 Å². The first-order chi connectivity index (χ1) is 13.0. The fourth-order valence-corrected chi connectivity index (χ4v) is 3.77. The molecule has 27 heavy (non-hydrogen) atoms. The number of hydrogen-bond donors (Lipinski definition) is 3. The van der Waals surface area contributed by atoms with Gasteiger partial charge >= 0.3 is 0 Å². The molecular formula is C21H23FN4O. The molecule has 6 heteroatoms. The summed E-state index contributed by atoms with van der Waals surface area (Å²) < 4.78 is 13.5. The van der Waals surface area contributed by atoms with E-state index in [0.717, 1.165) is 18.8 Å². The molecule has 2 unspecified atom stereocenters. The molecule has 2 aromatic carbocycles. The zero-order valence-corrected chi connectivity index (χ0v) is 15.4. The number of nitrogens with one attached hydrogen (secondary N) is 3. The third-order valence-electron chi connectivity index (χ3n) is 4.94. The Morgan fingerprint density at radius 1 is 1.11 bits per heavy atom. The maximum absolute atomic E-state index is 13.5. The fraction of sp³-hybridized carbons (Fsp3) is 0.286. The highest BCUT2D eigenvalue weighted by Crippen LogP contribution is 2.32. The highest BCUT2D eigenvalue weighted by Gasteiger charge is 2.24. The molecule has 0 aromatic heterocycles. The van der Waals surface area contributed by atoms with Crippen molar-refractivity contribution in [2.45, 2.75) is 25.9 Å². The number of piperazine rings is 1. The van der Waals surface area contributed by atoms with Gasteiger partial charge in [-0.25, -0.2) is 4.39 Å². The summed E-state index contributed by atoms with van der Waals surface area (Å²) in [6, 6.07) is 13.3. The van der Waals surface area contributed by atoms with E-state index in [-0.39, 0.29) is 11.7 Å². The Morgan fingerprint density at radius 2 is 1.81 bits per heavy atom. The number of nitrogens with zero attached hydrogens (tertiary/aromatic N) is 1. The molecule has 2 atom stereocenters. The number of rotatable bonds is 3. The van der Waals surface area contributed by atoms with Crippen molar-refractivity contribution in [1.82, 2.24) is 5.32 Å². The van der Waals surface area contributed by atoms with Gasteiger partial charge in [0, 0.05) is 54.0 Å². The Labute approximate surface area is 158 Å². The Kier molecular flexibility index (Phi) is 4.58. The minimum Gasteiger partial charge on any atom is -0.368 e. The minimum atomic E-state index is -0.361. The number of halogens is 1. The highest BCUT2D eigenvalue weighted by atomic mass is 19.1. The third kappa shape index (κ3) is 3.66. The standard InChI is InChI=1S/C21H23FN4O/c1-13-11-26(12-14(2)24-13)17-6-4-16(5-7-17)23-10-19-18-9-15(22)3-8-20(18)25-21(19)27/h3-10,13-14,23-24H,11-12H2,1-2H3,(H,25,27)/b19-10+. The van der Waals surface area contributed by atoms with E-state index in [0.29, 0.717) is 28.9 Å². The van der Waals surface area contributed by atoms with Crippen LogP contribution in [0.15, 0.2) is 48.7 Å². The van der Waals surface area contributed by atoms with Gasteiger partial charge in [-0.1, -0.05) is 0 Å². The van der Waals surface area contributed by atoms with E-state index in [1.807, 2.05) is 12.1 Å². The zero-order valence-electron chi connectivity index (χ0n) is 15.4. The number of carbonyl (C=O) groups is 1. The maximum atomic E-state index is 13.5. The van der Waals surface area contributed by atoms with E-state index in [4.69, 9.17) is 0 Å². The molecule has 2 aromatic rings. The van der Waals surface area contributed by atoms with Crippen LogP contribution in [-0.4, -0.2) is 31.1 Å². The second kappa shape index (κ2) is 7.04. The molecule has 0 aliphatic carbocycles. The first kappa shape index (κ1) is 17.5. The number of fused-ring (bicyclic) bond motifs is 1. The molecule has 5 nitrogen and oxygen atoms in total. The summed E-state index contributed by atoms with van der Waals surface area (Å²) in [5.41, 5.74) is 3.69. The lowest BCUT2D eigenvalue weighted by Crippen LogP contribution is -2.54. The second-order valence-electron chi connectivity index (χ2n) is 7.27. The van der Waals surface area contributed by atoms with E-state index < -0.39 is 0 Å². The van der Waals surface area contributed by atoms with Crippen LogP contribution in [0.25, 0.3) is 5.57 Å². The number of carbonyl (C=O) groups excluding carboxylic acids is 1. The summed E-state index contributed by atoms with van der Waals surface area (Å²) in [5.74, 6) is -0.594. The fourth-order valence-electron chi connectivity index (χ4n) is 3.77. The van der Waals surface area contributed by atoms with Crippen LogP contribution in [-0.2, 0) is 4.79 Å². The van der Waals surface area contributed by atoms with Crippen LogP contribution in [0.4, 0.5) is 21.5 Å². The highest BCUT2D eigenvalue weighted by molar-refractivity contribution is 6.31. The molecular weight excluding hydrogens is 343 g/mol. The van der Waals surface area contributed by atoms with Gasteiger partial charge < -0.3 is 20.9 Å². The molecule has 1 fully saturated rings. The summed E-state index contributed by atoms with van der Waals surface area (Å²) >= 11 is 0. The first-order valence-electron chi connectivity index (χ1n) is 9.18. The van der Waals surface area contributed by atoms with Crippen molar-refractivity contribution >= 4 is 28.5 Å². The second-order valence-corrected chi connectivity index (χ2v) is 7.27. The largest absolute Gasteiger partial charge is 0.368 e. The number of amides is 1. The molecule has 140 valence electrons. The molecule has 0 spiro atoms. The molecule has 2 heterocycles. The Balaban J connectivity index is 1.49. The van der Waals surface area contributed by atoms with Crippen LogP contribution in [0.2, 0.25) is 0 Å². The van der Waals surface area contributed by atoms with Crippen molar-refractivity contribution in [1.29, 1.82) is 0 Å². The average molecular weight is 366 g/mol. The number of anilines is 3. The van der Waals surface area contributed by atoms with E-state index >= 15 is 0 Å². The van der Waals surface area contributed by atoms with Gasteiger partial charge in [0.1, 0.15) is 5.82 Å². The molecule has 1 saturated heterocycles. The maximum Gasteiger partial charge on any atom is 0.257 e. The summed E-state index contributed by atoms with van der Waals surface area (Å²) in [6.45, 7) is 6.34. The lowest BCUT2D eigenvalue weighted by Gasteiger charge is -2.37. The Hall–Kier alpha value is -2.86. The van der Waals surface area contributed by atoms with Crippen molar-refractivity contribution in [2.24, 2.45) is 0 Å². The van der Waals surface area contributed by atoms with Gasteiger partial charge in [-0.15, -0.1) is 0 Å². The summed E-state index contributed by atoms with van der Waals surface area (Å²) in [6.07, 6.45) is 1.63. The van der Waals surface area contributed by atoms with Crippen LogP contribution < -0.4 is 20.9 Å². The molecule has 4 rings (SSSR count). The molecule has 2 aliphatic heterocycles. The van der Waals surface area contributed by atoms with Gasteiger partial charge in [-0.3, -0.25) is 4.79 Å². The van der Waals surface area contributed by atoms with Gasteiger partial charge in [0.05, 0.1) is 5.57 Å². The third-order valence-corrected chi connectivity index (χ3v) is 4.94. The van der Waals surface area contributed by atoms with Gasteiger partial charge in [-0.2, -0.15) is 0 Å². The quantitative estimate of drug-likeness (QED) is 0.729. The van der Waals surface area contributed by atoms with Crippen molar-refractivity contribution < 1.29 is 9.18 Å². The van der Waals surface area contributed by atoms with Crippen molar-refractivity contribution in [3.63, 3.8) is 0 Å². The predicted molar refractivity (Wildman–Crippen MR) is 107 cm³/mol. The summed E-state index contributed by atoms with van der Waals surface area (Å²) in [5, 5.41) is 9.43. The van der Waals surface area contributed by atoms with Crippen LogP contribution >= 0.6 is 0 Å². The van der Waals surface area contributed by atoms with Gasteiger partial charge in [0.15, 0.2) is 0 Å². The lowest BCUT2D eigenvalue weighted by atomic mass is 10.1. The van der Waals surface area contributed by atoms with Crippen LogP contribution in [0.5, 0.6) is 0 Å². The van der Waals surface area contributed by atoms with E-state index in [1.165, 1.54) is 17.8 Å². The number of hydrogen-bond acceptors (Lipinski definition) is 4. The molecule has 1 amide bonds. The number of benzene rings is 2. The normalized spacial score (nSPS) is 23.3. The van der Waals surface area contributed by atoms with Crippen LogP contribution in [0, 0.1) is 5.82 Å². The van der Waals surface area contributed by atoms with Gasteiger partial charge in [-0.05, 0) is 56.3 Å². The summed E-state index contributed by atoms with van der Waals surface area (Å²) in [7, 11) is 0. The minimum absolute atomic E-state index is 0.233. The summed E-state index contributed by atoms with van der Waals surface area (Å²) in [4.78, 5) is 14.5. The topological polar surface area (TPSA) is 56.4 Å². The lowest BCUT2D eigenvalue weighted by molar-refractivity contribution is -0.110. The molecule has 2 aliphatic rings.